The Balaban J connectivity index is 2.56. The number of ether oxygens (including phenoxy) is 1. The third-order valence-electron chi connectivity index (χ3n) is 2.55. The Hall–Kier alpha value is -1.55. The van der Waals surface area contributed by atoms with E-state index in [1.807, 2.05) is 13.0 Å². The van der Waals surface area contributed by atoms with Crippen LogP contribution < -0.4 is 15.8 Å². The summed E-state index contributed by atoms with van der Waals surface area (Å²) in [6, 6.07) is 7.25. The molecule has 17 heavy (non-hydrogen) atoms. The van der Waals surface area contributed by atoms with Gasteiger partial charge in [0.2, 0.25) is 0 Å². The standard InChI is InChI=1S/C13H20N2O2/c1-10(5-4-8-14)15-13(16)11-6-3-7-12(9-11)17-2/h3,6-7,9-10H,4-5,8,14H2,1-2H3,(H,15,16). The molecule has 0 fully saturated rings. The molecule has 0 saturated carbocycles. The average molecular weight is 236 g/mol. The van der Waals surface area contributed by atoms with Crippen molar-refractivity contribution in [1.82, 2.24) is 5.32 Å². The summed E-state index contributed by atoms with van der Waals surface area (Å²) in [5, 5.41) is 2.93. The van der Waals surface area contributed by atoms with Crippen LogP contribution in [0.25, 0.3) is 0 Å². The molecule has 0 aromatic heterocycles. The molecule has 94 valence electrons. The summed E-state index contributed by atoms with van der Waals surface area (Å²) in [5.41, 5.74) is 6.04. The van der Waals surface area contributed by atoms with Gasteiger partial charge in [-0.3, -0.25) is 4.79 Å². The fourth-order valence-electron chi connectivity index (χ4n) is 1.57. The third-order valence-corrected chi connectivity index (χ3v) is 2.55. The molecule has 1 aromatic carbocycles. The maximum Gasteiger partial charge on any atom is 0.251 e. The number of nitrogens with two attached hydrogens (primary N) is 1. The van der Waals surface area contributed by atoms with Crippen LogP contribution in [-0.4, -0.2) is 25.6 Å². The van der Waals surface area contributed by atoms with Gasteiger partial charge in [0.05, 0.1) is 7.11 Å². The average Bonchev–Trinajstić information content (AvgIpc) is 2.36. The third kappa shape index (κ3) is 4.44. The van der Waals surface area contributed by atoms with Gasteiger partial charge in [-0.1, -0.05) is 6.07 Å². The van der Waals surface area contributed by atoms with Crippen LogP contribution in [0.2, 0.25) is 0 Å². The monoisotopic (exact) mass is 236 g/mol. The minimum absolute atomic E-state index is 0.0755. The van der Waals surface area contributed by atoms with Crippen molar-refractivity contribution in [2.75, 3.05) is 13.7 Å². The number of hydrogen-bond acceptors (Lipinski definition) is 3. The number of benzene rings is 1. The summed E-state index contributed by atoms with van der Waals surface area (Å²) in [5.74, 6) is 0.612. The molecule has 4 heteroatoms. The van der Waals surface area contributed by atoms with Gasteiger partial charge in [0, 0.05) is 11.6 Å². The lowest BCUT2D eigenvalue weighted by molar-refractivity contribution is 0.0938. The molecule has 0 aliphatic rings. The highest BCUT2D eigenvalue weighted by Gasteiger charge is 2.09. The molecular formula is C13H20N2O2. The number of amides is 1. The van der Waals surface area contributed by atoms with Crippen molar-refractivity contribution in [3.05, 3.63) is 29.8 Å². The van der Waals surface area contributed by atoms with Gasteiger partial charge in [-0.05, 0) is 44.5 Å². The van der Waals surface area contributed by atoms with Crippen LogP contribution in [-0.2, 0) is 0 Å². The van der Waals surface area contributed by atoms with Crippen LogP contribution in [0.3, 0.4) is 0 Å². The van der Waals surface area contributed by atoms with Crippen molar-refractivity contribution in [2.24, 2.45) is 5.73 Å². The van der Waals surface area contributed by atoms with Crippen LogP contribution >= 0.6 is 0 Å². The smallest absolute Gasteiger partial charge is 0.251 e. The fraction of sp³-hybridized carbons (Fsp3) is 0.462. The van der Waals surface area contributed by atoms with E-state index in [2.05, 4.69) is 5.32 Å². The Bertz CT molecular complexity index is 366. The minimum Gasteiger partial charge on any atom is -0.497 e. The summed E-state index contributed by atoms with van der Waals surface area (Å²) in [4.78, 5) is 11.9. The maximum atomic E-state index is 11.9. The first-order valence-corrected chi connectivity index (χ1v) is 5.82. The predicted molar refractivity (Wildman–Crippen MR) is 68.2 cm³/mol. The van der Waals surface area contributed by atoms with Gasteiger partial charge in [0.1, 0.15) is 5.75 Å². The molecule has 0 aliphatic carbocycles. The lowest BCUT2D eigenvalue weighted by Gasteiger charge is -2.13. The van der Waals surface area contributed by atoms with E-state index in [1.54, 1.807) is 25.3 Å². The highest BCUT2D eigenvalue weighted by Crippen LogP contribution is 2.12. The van der Waals surface area contributed by atoms with Gasteiger partial charge in [-0.25, -0.2) is 0 Å². The van der Waals surface area contributed by atoms with Gasteiger partial charge >= 0.3 is 0 Å². The van der Waals surface area contributed by atoms with E-state index in [-0.39, 0.29) is 11.9 Å². The lowest BCUT2D eigenvalue weighted by atomic mass is 10.1. The largest absolute Gasteiger partial charge is 0.497 e. The Morgan fingerprint density at radius 2 is 2.29 bits per heavy atom. The highest BCUT2D eigenvalue weighted by atomic mass is 16.5. The number of carbonyl (C=O) groups excluding carboxylic acids is 1. The second-order valence-corrected chi connectivity index (χ2v) is 4.04. The number of methoxy groups -OCH3 is 1. The van der Waals surface area contributed by atoms with Gasteiger partial charge in [0.25, 0.3) is 5.91 Å². The van der Waals surface area contributed by atoms with E-state index in [9.17, 15) is 4.79 Å². The Morgan fingerprint density at radius 3 is 2.94 bits per heavy atom. The van der Waals surface area contributed by atoms with Crippen LogP contribution in [0, 0.1) is 0 Å². The van der Waals surface area contributed by atoms with Crippen molar-refractivity contribution in [3.63, 3.8) is 0 Å². The molecule has 0 saturated heterocycles. The van der Waals surface area contributed by atoms with E-state index in [0.29, 0.717) is 17.9 Å². The zero-order chi connectivity index (χ0) is 12.7. The van der Waals surface area contributed by atoms with Crippen LogP contribution in [0.5, 0.6) is 5.75 Å². The Morgan fingerprint density at radius 1 is 1.53 bits per heavy atom. The summed E-state index contributed by atoms with van der Waals surface area (Å²) in [7, 11) is 1.58. The molecule has 1 unspecified atom stereocenters. The second-order valence-electron chi connectivity index (χ2n) is 4.04. The van der Waals surface area contributed by atoms with Gasteiger partial charge < -0.3 is 15.8 Å². The SMILES string of the molecule is COc1cccc(C(=O)NC(C)CCCN)c1. The van der Waals surface area contributed by atoms with Crippen molar-refractivity contribution in [1.29, 1.82) is 0 Å². The van der Waals surface area contributed by atoms with E-state index in [4.69, 9.17) is 10.5 Å². The number of hydrogen-bond donors (Lipinski definition) is 2. The van der Waals surface area contributed by atoms with E-state index in [1.165, 1.54) is 0 Å². The quantitative estimate of drug-likeness (QED) is 0.787. The summed E-state index contributed by atoms with van der Waals surface area (Å²) in [6.45, 7) is 2.63. The molecule has 0 radical (unpaired) electrons. The van der Waals surface area contributed by atoms with Crippen molar-refractivity contribution in [3.8, 4) is 5.75 Å². The molecule has 4 nitrogen and oxygen atoms in total. The lowest BCUT2D eigenvalue weighted by Crippen LogP contribution is -2.32. The molecule has 0 heterocycles. The minimum atomic E-state index is -0.0755. The molecule has 1 rings (SSSR count). The molecule has 0 spiro atoms. The fourth-order valence-corrected chi connectivity index (χ4v) is 1.57. The summed E-state index contributed by atoms with van der Waals surface area (Å²) < 4.78 is 5.08. The van der Waals surface area contributed by atoms with Crippen molar-refractivity contribution >= 4 is 5.91 Å². The predicted octanol–water partition coefficient (Wildman–Crippen LogP) is 1.55. The number of carbonyl (C=O) groups is 1. The van der Waals surface area contributed by atoms with Crippen molar-refractivity contribution in [2.45, 2.75) is 25.8 Å². The zero-order valence-electron chi connectivity index (χ0n) is 10.4. The first-order valence-electron chi connectivity index (χ1n) is 5.82. The molecule has 1 atom stereocenters. The van der Waals surface area contributed by atoms with Gasteiger partial charge in [-0.2, -0.15) is 0 Å². The van der Waals surface area contributed by atoms with E-state index < -0.39 is 0 Å². The molecular weight excluding hydrogens is 216 g/mol. The summed E-state index contributed by atoms with van der Waals surface area (Å²) in [6.07, 6.45) is 1.81. The molecule has 0 bridgehead atoms. The topological polar surface area (TPSA) is 64.3 Å². The van der Waals surface area contributed by atoms with Gasteiger partial charge in [-0.15, -0.1) is 0 Å². The number of rotatable bonds is 6. The first kappa shape index (κ1) is 13.5. The normalized spacial score (nSPS) is 11.9. The van der Waals surface area contributed by atoms with E-state index >= 15 is 0 Å². The maximum absolute atomic E-state index is 11.9. The van der Waals surface area contributed by atoms with Crippen LogP contribution in [0.15, 0.2) is 24.3 Å². The Kier molecular flexibility index (Phi) is 5.49. The molecule has 3 N–H and O–H groups in total. The van der Waals surface area contributed by atoms with E-state index in [0.717, 1.165) is 12.8 Å². The highest BCUT2D eigenvalue weighted by molar-refractivity contribution is 5.94. The molecule has 1 amide bonds. The van der Waals surface area contributed by atoms with Crippen LogP contribution in [0.4, 0.5) is 0 Å². The molecule has 1 aromatic rings. The van der Waals surface area contributed by atoms with Gasteiger partial charge in [0.15, 0.2) is 0 Å². The summed E-state index contributed by atoms with van der Waals surface area (Å²) >= 11 is 0. The number of nitrogens with one attached hydrogen (secondary N) is 1. The van der Waals surface area contributed by atoms with Crippen molar-refractivity contribution < 1.29 is 9.53 Å². The second kappa shape index (κ2) is 6.91. The first-order chi connectivity index (χ1) is 8.17. The Labute approximate surface area is 102 Å². The van der Waals surface area contributed by atoms with Crippen LogP contribution in [0.1, 0.15) is 30.1 Å². The molecule has 0 aliphatic heterocycles. The zero-order valence-corrected chi connectivity index (χ0v) is 10.4.